The molecule has 0 atom stereocenters. The third kappa shape index (κ3) is 2.47. The minimum absolute atomic E-state index is 0.106. The van der Waals surface area contributed by atoms with Gasteiger partial charge in [0.25, 0.3) is 0 Å². The molecule has 16 heavy (non-hydrogen) atoms. The predicted molar refractivity (Wildman–Crippen MR) is 74.7 cm³/mol. The zero-order valence-electron chi connectivity index (χ0n) is 9.63. The van der Waals surface area contributed by atoms with Crippen molar-refractivity contribution in [2.75, 3.05) is 0 Å². The molecule has 0 radical (unpaired) electrons. The quantitative estimate of drug-likeness (QED) is 0.579. The largest absolute Gasteiger partial charge is 0.294 e. The molecule has 1 aliphatic carbocycles. The van der Waals surface area contributed by atoms with E-state index in [0.717, 1.165) is 18.4 Å². The molecule has 1 saturated carbocycles. The summed E-state index contributed by atoms with van der Waals surface area (Å²) >= 11 is 2.27. The molecule has 0 bridgehead atoms. The lowest BCUT2D eigenvalue weighted by Gasteiger charge is -2.32. The van der Waals surface area contributed by atoms with Gasteiger partial charge in [-0.1, -0.05) is 38.3 Å². The number of hydrogen-bond acceptors (Lipinski definition) is 1. The first-order valence-electron chi connectivity index (χ1n) is 5.92. The van der Waals surface area contributed by atoms with Crippen LogP contribution in [-0.4, -0.2) is 5.78 Å². The molecular formula is C14H17IO. The van der Waals surface area contributed by atoms with Gasteiger partial charge in [-0.25, -0.2) is 0 Å². The molecule has 0 spiro atoms. The highest BCUT2D eigenvalue weighted by Crippen LogP contribution is 2.38. The van der Waals surface area contributed by atoms with Crippen LogP contribution in [0.5, 0.6) is 0 Å². The molecule has 0 aliphatic heterocycles. The minimum atomic E-state index is -0.106. The van der Waals surface area contributed by atoms with Gasteiger partial charge in [0.1, 0.15) is 0 Å². The maximum Gasteiger partial charge on any atom is 0.168 e. The molecule has 0 N–H and O–H groups in total. The molecule has 0 aromatic heterocycles. The highest BCUT2D eigenvalue weighted by molar-refractivity contribution is 14.1. The van der Waals surface area contributed by atoms with Crippen molar-refractivity contribution >= 4 is 28.4 Å². The van der Waals surface area contributed by atoms with E-state index in [1.807, 2.05) is 24.3 Å². The molecule has 0 unspecified atom stereocenters. The van der Waals surface area contributed by atoms with E-state index in [9.17, 15) is 4.79 Å². The normalized spacial score (nSPS) is 19.4. The van der Waals surface area contributed by atoms with Crippen molar-refractivity contribution in [1.29, 1.82) is 0 Å². The number of rotatable bonds is 2. The van der Waals surface area contributed by atoms with Crippen LogP contribution in [0.3, 0.4) is 0 Å². The molecule has 0 heterocycles. The van der Waals surface area contributed by atoms with Gasteiger partial charge in [0.15, 0.2) is 5.78 Å². The first-order chi connectivity index (χ1) is 7.62. The number of ketones is 1. The summed E-state index contributed by atoms with van der Waals surface area (Å²) in [5, 5.41) is 0. The summed E-state index contributed by atoms with van der Waals surface area (Å²) in [5.74, 6) is 0.337. The predicted octanol–water partition coefficient (Wildman–Crippen LogP) is 4.44. The Balaban J connectivity index is 2.20. The van der Waals surface area contributed by atoms with Gasteiger partial charge in [0, 0.05) is 14.5 Å². The van der Waals surface area contributed by atoms with Crippen LogP contribution < -0.4 is 0 Å². The van der Waals surface area contributed by atoms with E-state index < -0.39 is 0 Å². The molecular weight excluding hydrogens is 311 g/mol. The van der Waals surface area contributed by atoms with Gasteiger partial charge < -0.3 is 0 Å². The summed E-state index contributed by atoms with van der Waals surface area (Å²) in [5.41, 5.74) is 0.773. The Labute approximate surface area is 111 Å². The summed E-state index contributed by atoms with van der Waals surface area (Å²) < 4.78 is 1.18. The molecule has 1 aromatic carbocycles. The van der Waals surface area contributed by atoms with Crippen molar-refractivity contribution in [1.82, 2.24) is 0 Å². The number of hydrogen-bond donors (Lipinski definition) is 0. The molecule has 1 aliphatic rings. The number of Topliss-reactive ketones (excluding diaryl/α,β-unsaturated/α-hetero) is 1. The Morgan fingerprint density at radius 1 is 1.12 bits per heavy atom. The van der Waals surface area contributed by atoms with E-state index >= 15 is 0 Å². The monoisotopic (exact) mass is 328 g/mol. The Morgan fingerprint density at radius 3 is 2.25 bits per heavy atom. The second kappa shape index (κ2) is 4.86. The van der Waals surface area contributed by atoms with Crippen LogP contribution in [0.25, 0.3) is 0 Å². The highest BCUT2D eigenvalue weighted by Gasteiger charge is 2.34. The van der Waals surface area contributed by atoms with Crippen molar-refractivity contribution in [2.45, 2.75) is 39.0 Å². The molecule has 2 heteroatoms. The summed E-state index contributed by atoms with van der Waals surface area (Å²) in [6, 6.07) is 7.95. The fraction of sp³-hybridized carbons (Fsp3) is 0.500. The molecule has 1 aromatic rings. The van der Waals surface area contributed by atoms with Crippen LogP contribution in [-0.2, 0) is 0 Å². The maximum atomic E-state index is 12.4. The molecule has 1 nitrogen and oxygen atoms in total. The highest BCUT2D eigenvalue weighted by atomic mass is 127. The number of halogens is 1. The number of carbonyl (C=O) groups is 1. The van der Waals surface area contributed by atoms with Gasteiger partial charge in [0.05, 0.1) is 0 Å². The summed E-state index contributed by atoms with van der Waals surface area (Å²) in [7, 11) is 0. The summed E-state index contributed by atoms with van der Waals surface area (Å²) in [6.45, 7) is 2.13. The van der Waals surface area contributed by atoms with Crippen LogP contribution >= 0.6 is 22.6 Å². The Bertz CT molecular complexity index is 374. The summed E-state index contributed by atoms with van der Waals surface area (Å²) in [4.78, 5) is 12.4. The van der Waals surface area contributed by atoms with Crippen molar-refractivity contribution in [2.24, 2.45) is 5.41 Å². The average Bonchev–Trinajstić information content (AvgIpc) is 2.30. The Kier molecular flexibility index (Phi) is 3.67. The smallest absolute Gasteiger partial charge is 0.168 e. The first-order valence-corrected chi connectivity index (χ1v) is 7.00. The summed E-state index contributed by atoms with van der Waals surface area (Å²) in [6.07, 6.45) is 5.80. The van der Waals surface area contributed by atoms with Crippen LogP contribution in [0.1, 0.15) is 49.4 Å². The van der Waals surface area contributed by atoms with Crippen molar-refractivity contribution in [3.05, 3.63) is 33.4 Å². The fourth-order valence-electron chi connectivity index (χ4n) is 2.51. The second-order valence-electron chi connectivity index (χ2n) is 4.96. The first kappa shape index (κ1) is 12.1. The van der Waals surface area contributed by atoms with E-state index in [1.54, 1.807) is 0 Å². The SMILES string of the molecule is CC1(C(=O)c2ccc(I)cc2)CCCCC1. The van der Waals surface area contributed by atoms with Crippen LogP contribution in [0, 0.1) is 8.99 Å². The maximum absolute atomic E-state index is 12.4. The van der Waals surface area contributed by atoms with E-state index in [2.05, 4.69) is 29.5 Å². The second-order valence-corrected chi connectivity index (χ2v) is 6.20. The van der Waals surface area contributed by atoms with E-state index in [-0.39, 0.29) is 5.41 Å². The third-order valence-electron chi connectivity index (χ3n) is 3.61. The van der Waals surface area contributed by atoms with Gasteiger partial charge in [-0.2, -0.15) is 0 Å². The van der Waals surface area contributed by atoms with Gasteiger partial charge in [-0.15, -0.1) is 0 Å². The van der Waals surface area contributed by atoms with E-state index in [0.29, 0.717) is 5.78 Å². The molecule has 86 valence electrons. The molecule has 0 amide bonds. The van der Waals surface area contributed by atoms with Crippen molar-refractivity contribution in [3.63, 3.8) is 0 Å². The van der Waals surface area contributed by atoms with Gasteiger partial charge in [-0.3, -0.25) is 4.79 Å². The number of carbonyl (C=O) groups excluding carboxylic acids is 1. The van der Waals surface area contributed by atoms with Gasteiger partial charge in [0.2, 0.25) is 0 Å². The van der Waals surface area contributed by atoms with E-state index in [1.165, 1.54) is 22.8 Å². The van der Waals surface area contributed by atoms with Crippen LogP contribution in [0.2, 0.25) is 0 Å². The zero-order valence-corrected chi connectivity index (χ0v) is 11.8. The number of benzene rings is 1. The van der Waals surface area contributed by atoms with Crippen molar-refractivity contribution < 1.29 is 4.79 Å². The van der Waals surface area contributed by atoms with E-state index in [4.69, 9.17) is 0 Å². The molecule has 1 fully saturated rings. The van der Waals surface area contributed by atoms with Gasteiger partial charge >= 0.3 is 0 Å². The third-order valence-corrected chi connectivity index (χ3v) is 4.33. The van der Waals surface area contributed by atoms with Crippen molar-refractivity contribution in [3.8, 4) is 0 Å². The lowest BCUT2D eigenvalue weighted by molar-refractivity contribution is 0.0749. The topological polar surface area (TPSA) is 17.1 Å². The average molecular weight is 328 g/mol. The molecule has 0 saturated heterocycles. The lowest BCUT2D eigenvalue weighted by atomic mass is 9.71. The standard InChI is InChI=1S/C14H17IO/c1-14(9-3-2-4-10-14)13(16)11-5-7-12(15)8-6-11/h5-8H,2-4,9-10H2,1H3. The van der Waals surface area contributed by atoms with Gasteiger partial charge in [-0.05, 0) is 47.6 Å². The lowest BCUT2D eigenvalue weighted by Crippen LogP contribution is -2.30. The molecule has 2 rings (SSSR count). The Hall–Kier alpha value is -0.380. The van der Waals surface area contributed by atoms with Crippen LogP contribution in [0.4, 0.5) is 0 Å². The Morgan fingerprint density at radius 2 is 1.69 bits per heavy atom. The van der Waals surface area contributed by atoms with Crippen LogP contribution in [0.15, 0.2) is 24.3 Å². The zero-order chi connectivity index (χ0) is 11.6. The minimum Gasteiger partial charge on any atom is -0.294 e. The fourth-order valence-corrected chi connectivity index (χ4v) is 2.87.